The summed E-state index contributed by atoms with van der Waals surface area (Å²) in [5, 5.41) is 0. The molecule has 0 atom stereocenters. The molecule has 0 aliphatic rings. The number of methoxy groups -OCH3 is 1. The molecule has 2 aromatic heterocycles. The van der Waals surface area contributed by atoms with Crippen LogP contribution in [0.1, 0.15) is 12.8 Å². The molecule has 0 amide bonds. The highest BCUT2D eigenvalue weighted by atomic mass is 16.5. The average molecular weight is 245 g/mol. The molecule has 2 heterocycles. The number of hydrogen-bond acceptors (Lipinski definition) is 4. The summed E-state index contributed by atoms with van der Waals surface area (Å²) in [6.07, 6.45) is 6.59. The van der Waals surface area contributed by atoms with Crippen molar-refractivity contribution in [2.24, 2.45) is 0 Å². The summed E-state index contributed by atoms with van der Waals surface area (Å²) in [4.78, 5) is 19.5. The van der Waals surface area contributed by atoms with Crippen molar-refractivity contribution >= 4 is 5.97 Å². The zero-order valence-electron chi connectivity index (χ0n) is 10.2. The zero-order chi connectivity index (χ0) is 12.8. The molecular formula is C13H15N3O2. The number of aryl methyl sites for hydroxylation is 1. The first-order valence-corrected chi connectivity index (χ1v) is 5.79. The highest BCUT2D eigenvalue weighted by molar-refractivity contribution is 5.68. The van der Waals surface area contributed by atoms with Crippen LogP contribution in [0, 0.1) is 0 Å². The number of imidazole rings is 1. The molecule has 0 aliphatic heterocycles. The first-order chi connectivity index (χ1) is 8.79. The van der Waals surface area contributed by atoms with Crippen LogP contribution >= 0.6 is 0 Å². The first-order valence-electron chi connectivity index (χ1n) is 5.79. The van der Waals surface area contributed by atoms with Gasteiger partial charge in [-0.25, -0.2) is 4.98 Å². The molecule has 0 N–H and O–H groups in total. The van der Waals surface area contributed by atoms with Gasteiger partial charge in [0.1, 0.15) is 5.69 Å². The molecule has 2 aromatic rings. The molecule has 94 valence electrons. The van der Waals surface area contributed by atoms with Gasteiger partial charge < -0.3 is 9.30 Å². The lowest BCUT2D eigenvalue weighted by Crippen LogP contribution is -2.02. The van der Waals surface area contributed by atoms with E-state index in [4.69, 9.17) is 0 Å². The van der Waals surface area contributed by atoms with Crippen LogP contribution in [0.5, 0.6) is 0 Å². The van der Waals surface area contributed by atoms with Crippen molar-refractivity contribution in [3.8, 4) is 11.4 Å². The Morgan fingerprint density at radius 1 is 1.33 bits per heavy atom. The third-order valence-corrected chi connectivity index (χ3v) is 2.59. The number of ether oxygens (including phenoxy) is 1. The van der Waals surface area contributed by atoms with E-state index >= 15 is 0 Å². The average Bonchev–Trinajstić information content (AvgIpc) is 2.88. The number of nitrogens with zero attached hydrogens (tertiary/aromatic N) is 3. The minimum absolute atomic E-state index is 0.180. The molecule has 0 saturated heterocycles. The summed E-state index contributed by atoms with van der Waals surface area (Å²) in [6, 6.07) is 5.72. The van der Waals surface area contributed by atoms with E-state index in [1.807, 2.05) is 29.0 Å². The Morgan fingerprint density at radius 3 is 2.94 bits per heavy atom. The van der Waals surface area contributed by atoms with E-state index in [1.165, 1.54) is 7.11 Å². The molecule has 0 saturated carbocycles. The van der Waals surface area contributed by atoms with Crippen molar-refractivity contribution < 1.29 is 9.53 Å². The van der Waals surface area contributed by atoms with Crippen LogP contribution < -0.4 is 0 Å². The van der Waals surface area contributed by atoms with Crippen LogP contribution in [0.15, 0.2) is 36.9 Å². The normalized spacial score (nSPS) is 10.3. The molecular weight excluding hydrogens is 230 g/mol. The van der Waals surface area contributed by atoms with Gasteiger partial charge in [-0.15, -0.1) is 0 Å². The molecule has 0 aromatic carbocycles. The van der Waals surface area contributed by atoms with Gasteiger partial charge in [-0.2, -0.15) is 0 Å². The van der Waals surface area contributed by atoms with Crippen LogP contribution in [0.4, 0.5) is 0 Å². The second kappa shape index (κ2) is 5.95. The summed E-state index contributed by atoms with van der Waals surface area (Å²) in [5.41, 5.74) is 1.69. The van der Waals surface area contributed by atoms with E-state index < -0.39 is 0 Å². The summed E-state index contributed by atoms with van der Waals surface area (Å²) >= 11 is 0. The van der Waals surface area contributed by atoms with E-state index in [0.717, 1.165) is 24.4 Å². The van der Waals surface area contributed by atoms with Crippen molar-refractivity contribution in [3.05, 3.63) is 36.9 Å². The Labute approximate surface area is 105 Å². The first kappa shape index (κ1) is 12.3. The Morgan fingerprint density at radius 2 is 2.22 bits per heavy atom. The predicted molar refractivity (Wildman–Crippen MR) is 66.7 cm³/mol. The molecule has 0 spiro atoms. The molecule has 0 bridgehead atoms. The number of aromatic nitrogens is 3. The maximum atomic E-state index is 11.0. The summed E-state index contributed by atoms with van der Waals surface area (Å²) in [6.45, 7) is 0.745. The van der Waals surface area contributed by atoms with Gasteiger partial charge in [-0.05, 0) is 18.6 Å². The molecule has 18 heavy (non-hydrogen) atoms. The van der Waals surface area contributed by atoms with Gasteiger partial charge in [-0.3, -0.25) is 9.78 Å². The number of esters is 1. The monoisotopic (exact) mass is 245 g/mol. The molecule has 5 nitrogen and oxygen atoms in total. The lowest BCUT2D eigenvalue weighted by molar-refractivity contribution is -0.140. The minimum atomic E-state index is -0.180. The van der Waals surface area contributed by atoms with Crippen molar-refractivity contribution in [2.45, 2.75) is 19.4 Å². The van der Waals surface area contributed by atoms with Gasteiger partial charge in [0, 0.05) is 25.4 Å². The van der Waals surface area contributed by atoms with Crippen LogP contribution in [0.25, 0.3) is 11.4 Å². The van der Waals surface area contributed by atoms with Crippen LogP contribution in [0.3, 0.4) is 0 Å². The van der Waals surface area contributed by atoms with Crippen molar-refractivity contribution in [2.75, 3.05) is 7.11 Å². The topological polar surface area (TPSA) is 57.0 Å². The van der Waals surface area contributed by atoms with Gasteiger partial charge in [0.15, 0.2) is 0 Å². The fourth-order valence-corrected chi connectivity index (χ4v) is 1.64. The maximum absolute atomic E-state index is 11.0. The van der Waals surface area contributed by atoms with E-state index in [2.05, 4.69) is 14.7 Å². The second-order valence-corrected chi connectivity index (χ2v) is 3.89. The summed E-state index contributed by atoms with van der Waals surface area (Å²) in [7, 11) is 1.40. The fraction of sp³-hybridized carbons (Fsp3) is 0.308. The van der Waals surface area contributed by atoms with Gasteiger partial charge in [0.2, 0.25) is 0 Å². The number of pyridine rings is 1. The van der Waals surface area contributed by atoms with Crippen LogP contribution in [-0.2, 0) is 16.1 Å². The Hall–Kier alpha value is -2.17. The minimum Gasteiger partial charge on any atom is -0.469 e. The van der Waals surface area contributed by atoms with Crippen LogP contribution in [0.2, 0.25) is 0 Å². The fourth-order valence-electron chi connectivity index (χ4n) is 1.64. The van der Waals surface area contributed by atoms with Crippen molar-refractivity contribution in [1.29, 1.82) is 0 Å². The Balaban J connectivity index is 1.93. The SMILES string of the molecule is COC(=O)CCCn1cnc(-c2ccccn2)c1. The Bertz CT molecular complexity index is 508. The smallest absolute Gasteiger partial charge is 0.305 e. The Kier molecular flexibility index (Phi) is 4.06. The maximum Gasteiger partial charge on any atom is 0.305 e. The molecule has 0 radical (unpaired) electrons. The molecule has 5 heteroatoms. The second-order valence-electron chi connectivity index (χ2n) is 3.89. The number of hydrogen-bond donors (Lipinski definition) is 0. The van der Waals surface area contributed by atoms with Crippen molar-refractivity contribution in [1.82, 2.24) is 14.5 Å². The third-order valence-electron chi connectivity index (χ3n) is 2.59. The number of carbonyl (C=O) groups excluding carboxylic acids is 1. The van der Waals surface area contributed by atoms with Gasteiger partial charge in [0.05, 0.1) is 19.1 Å². The largest absolute Gasteiger partial charge is 0.469 e. The van der Waals surface area contributed by atoms with Gasteiger partial charge >= 0.3 is 5.97 Å². The van der Waals surface area contributed by atoms with Gasteiger partial charge in [0.25, 0.3) is 0 Å². The highest BCUT2D eigenvalue weighted by Gasteiger charge is 2.04. The van der Waals surface area contributed by atoms with Gasteiger partial charge in [-0.1, -0.05) is 6.07 Å². The molecule has 0 unspecified atom stereocenters. The molecule has 2 rings (SSSR count). The predicted octanol–water partition coefficient (Wildman–Crippen LogP) is 1.90. The van der Waals surface area contributed by atoms with E-state index in [1.54, 1.807) is 12.5 Å². The summed E-state index contributed by atoms with van der Waals surface area (Å²) in [5.74, 6) is -0.180. The highest BCUT2D eigenvalue weighted by Crippen LogP contribution is 2.13. The number of carbonyl (C=O) groups is 1. The van der Waals surface area contributed by atoms with E-state index in [9.17, 15) is 4.79 Å². The molecule has 0 aliphatic carbocycles. The number of rotatable bonds is 5. The van der Waals surface area contributed by atoms with E-state index in [-0.39, 0.29) is 5.97 Å². The molecule has 0 fully saturated rings. The zero-order valence-corrected chi connectivity index (χ0v) is 10.2. The van der Waals surface area contributed by atoms with Crippen LogP contribution in [-0.4, -0.2) is 27.6 Å². The quantitative estimate of drug-likeness (QED) is 0.755. The van der Waals surface area contributed by atoms with Crippen molar-refractivity contribution in [3.63, 3.8) is 0 Å². The summed E-state index contributed by atoms with van der Waals surface area (Å²) < 4.78 is 6.54. The standard InChI is InChI=1S/C13H15N3O2/c1-18-13(17)6-4-8-16-9-12(15-10-16)11-5-2-3-7-14-11/h2-3,5,7,9-10H,4,6,8H2,1H3. The lowest BCUT2D eigenvalue weighted by Gasteiger charge is -2.00. The lowest BCUT2D eigenvalue weighted by atomic mass is 10.3. The van der Waals surface area contributed by atoms with E-state index in [0.29, 0.717) is 6.42 Å². The third kappa shape index (κ3) is 3.16.